The standard InChI is InChI=1S/C8H8N2O2/c11-12-5-8-6-3-1-2-4-7(6)9-10-8/h1-4,11H,5H2,(H,9,10). The van der Waals surface area contributed by atoms with Gasteiger partial charge in [0, 0.05) is 5.39 Å². The quantitative estimate of drug-likeness (QED) is 0.523. The largest absolute Gasteiger partial charge is 0.279 e. The van der Waals surface area contributed by atoms with Crippen LogP contribution in [0.2, 0.25) is 0 Å². The van der Waals surface area contributed by atoms with Crippen molar-refractivity contribution in [1.29, 1.82) is 0 Å². The highest BCUT2D eigenvalue weighted by Gasteiger charge is 2.02. The zero-order chi connectivity index (χ0) is 8.39. The molecule has 2 aromatic rings. The molecule has 0 unspecified atom stereocenters. The molecule has 0 bridgehead atoms. The van der Waals surface area contributed by atoms with Gasteiger partial charge in [-0.1, -0.05) is 18.2 Å². The third-order valence-electron chi connectivity index (χ3n) is 1.75. The van der Waals surface area contributed by atoms with Crippen molar-refractivity contribution in [3.63, 3.8) is 0 Å². The molecule has 0 aliphatic rings. The van der Waals surface area contributed by atoms with E-state index in [9.17, 15) is 0 Å². The number of H-pyrrole nitrogens is 1. The Labute approximate surface area is 68.7 Å². The SMILES string of the molecule is OOCc1[nH]nc2ccccc12. The van der Waals surface area contributed by atoms with E-state index in [0.717, 1.165) is 16.6 Å². The average Bonchev–Trinajstić information content (AvgIpc) is 2.50. The van der Waals surface area contributed by atoms with E-state index in [1.54, 1.807) is 0 Å². The summed E-state index contributed by atoms with van der Waals surface area (Å²) < 4.78 is 0. The first-order valence-electron chi connectivity index (χ1n) is 3.60. The first-order valence-corrected chi connectivity index (χ1v) is 3.60. The molecule has 2 N–H and O–H groups in total. The fourth-order valence-electron chi connectivity index (χ4n) is 1.19. The minimum Gasteiger partial charge on any atom is -0.279 e. The molecule has 0 aliphatic heterocycles. The molecule has 1 aromatic carbocycles. The molecule has 1 heterocycles. The highest BCUT2D eigenvalue weighted by atomic mass is 17.1. The van der Waals surface area contributed by atoms with Crippen LogP contribution in [0.25, 0.3) is 10.9 Å². The van der Waals surface area contributed by atoms with Gasteiger partial charge in [-0.3, -0.25) is 10.4 Å². The van der Waals surface area contributed by atoms with E-state index in [0.29, 0.717) is 0 Å². The summed E-state index contributed by atoms with van der Waals surface area (Å²) in [6.45, 7) is 0.139. The number of aromatic nitrogens is 2. The Bertz CT molecular complexity index is 383. The van der Waals surface area contributed by atoms with Crippen LogP contribution in [0, 0.1) is 0 Å². The molecular formula is C8H8N2O2. The molecular weight excluding hydrogens is 156 g/mol. The second kappa shape index (κ2) is 2.92. The Morgan fingerprint density at radius 2 is 2.25 bits per heavy atom. The second-order valence-corrected chi connectivity index (χ2v) is 2.49. The monoisotopic (exact) mass is 164 g/mol. The van der Waals surface area contributed by atoms with Gasteiger partial charge in [0.05, 0.1) is 11.2 Å². The third kappa shape index (κ3) is 1.07. The lowest BCUT2D eigenvalue weighted by molar-refractivity contribution is -0.253. The molecule has 0 spiro atoms. The summed E-state index contributed by atoms with van der Waals surface area (Å²) in [6, 6.07) is 7.64. The van der Waals surface area contributed by atoms with E-state index in [-0.39, 0.29) is 6.61 Å². The molecule has 0 saturated carbocycles. The van der Waals surface area contributed by atoms with Gasteiger partial charge in [0.1, 0.15) is 6.61 Å². The zero-order valence-corrected chi connectivity index (χ0v) is 6.32. The number of para-hydroxylation sites is 1. The van der Waals surface area contributed by atoms with Crippen LogP contribution in [-0.2, 0) is 11.5 Å². The number of hydrogen-bond donors (Lipinski definition) is 2. The lowest BCUT2D eigenvalue weighted by atomic mass is 10.2. The lowest BCUT2D eigenvalue weighted by Crippen LogP contribution is -1.87. The maximum absolute atomic E-state index is 8.25. The predicted octanol–water partition coefficient (Wildman–Crippen LogP) is 1.55. The van der Waals surface area contributed by atoms with Crippen LogP contribution in [0.5, 0.6) is 0 Å². The van der Waals surface area contributed by atoms with Gasteiger partial charge in [0.2, 0.25) is 0 Å². The fraction of sp³-hybridized carbons (Fsp3) is 0.125. The Morgan fingerprint density at radius 3 is 3.08 bits per heavy atom. The summed E-state index contributed by atoms with van der Waals surface area (Å²) >= 11 is 0. The Hall–Kier alpha value is -1.39. The molecule has 4 heteroatoms. The molecule has 0 aliphatic carbocycles. The highest BCUT2D eigenvalue weighted by Crippen LogP contribution is 2.14. The second-order valence-electron chi connectivity index (χ2n) is 2.49. The average molecular weight is 164 g/mol. The van der Waals surface area contributed by atoms with Crippen molar-refractivity contribution >= 4 is 10.9 Å². The van der Waals surface area contributed by atoms with Crippen molar-refractivity contribution in [2.45, 2.75) is 6.61 Å². The first-order chi connectivity index (χ1) is 5.92. The van der Waals surface area contributed by atoms with Gasteiger partial charge < -0.3 is 0 Å². The predicted molar refractivity (Wildman–Crippen MR) is 43.5 cm³/mol. The number of hydrogen-bond acceptors (Lipinski definition) is 3. The fourth-order valence-corrected chi connectivity index (χ4v) is 1.19. The van der Waals surface area contributed by atoms with Crippen LogP contribution in [0.15, 0.2) is 24.3 Å². The van der Waals surface area contributed by atoms with Crippen molar-refractivity contribution in [2.24, 2.45) is 0 Å². The Morgan fingerprint density at radius 1 is 1.42 bits per heavy atom. The molecule has 0 fully saturated rings. The van der Waals surface area contributed by atoms with Gasteiger partial charge in [-0.05, 0) is 6.07 Å². The Balaban J connectivity index is 2.55. The minimum absolute atomic E-state index is 0.139. The summed E-state index contributed by atoms with van der Waals surface area (Å²) in [5.41, 5.74) is 1.66. The third-order valence-corrected chi connectivity index (χ3v) is 1.75. The van der Waals surface area contributed by atoms with Gasteiger partial charge in [-0.2, -0.15) is 5.10 Å². The number of rotatable bonds is 2. The lowest BCUT2D eigenvalue weighted by Gasteiger charge is -1.92. The molecule has 12 heavy (non-hydrogen) atoms. The molecule has 4 nitrogen and oxygen atoms in total. The molecule has 0 atom stereocenters. The van der Waals surface area contributed by atoms with Crippen LogP contribution < -0.4 is 0 Å². The number of aromatic amines is 1. The maximum atomic E-state index is 8.25. The van der Waals surface area contributed by atoms with Crippen LogP contribution in [0.3, 0.4) is 0 Å². The first kappa shape index (κ1) is 7.27. The number of benzene rings is 1. The molecule has 0 amide bonds. The van der Waals surface area contributed by atoms with Crippen LogP contribution >= 0.6 is 0 Å². The van der Waals surface area contributed by atoms with Crippen molar-refractivity contribution in [1.82, 2.24) is 10.2 Å². The summed E-state index contributed by atoms with van der Waals surface area (Å²) in [6.07, 6.45) is 0. The summed E-state index contributed by atoms with van der Waals surface area (Å²) in [5.74, 6) is 0. The molecule has 0 saturated heterocycles. The van der Waals surface area contributed by atoms with E-state index in [2.05, 4.69) is 15.1 Å². The maximum Gasteiger partial charge on any atom is 0.124 e. The van der Waals surface area contributed by atoms with Crippen molar-refractivity contribution in [3.8, 4) is 0 Å². The van der Waals surface area contributed by atoms with Gasteiger partial charge >= 0.3 is 0 Å². The number of nitrogens with one attached hydrogen (secondary N) is 1. The van der Waals surface area contributed by atoms with E-state index in [4.69, 9.17) is 5.26 Å². The molecule has 2 rings (SSSR count). The van der Waals surface area contributed by atoms with Gasteiger partial charge in [-0.15, -0.1) is 0 Å². The summed E-state index contributed by atoms with van der Waals surface area (Å²) in [7, 11) is 0. The van der Waals surface area contributed by atoms with Gasteiger partial charge in [0.15, 0.2) is 0 Å². The Kier molecular flexibility index (Phi) is 1.77. The molecule has 0 radical (unpaired) electrons. The van der Waals surface area contributed by atoms with Crippen molar-refractivity contribution in [3.05, 3.63) is 30.0 Å². The molecule has 1 aromatic heterocycles. The summed E-state index contributed by atoms with van der Waals surface area (Å²) in [4.78, 5) is 4.02. The van der Waals surface area contributed by atoms with E-state index in [1.807, 2.05) is 24.3 Å². The van der Waals surface area contributed by atoms with Crippen LogP contribution in [0.1, 0.15) is 5.69 Å². The smallest absolute Gasteiger partial charge is 0.124 e. The van der Waals surface area contributed by atoms with Crippen molar-refractivity contribution in [2.75, 3.05) is 0 Å². The van der Waals surface area contributed by atoms with E-state index >= 15 is 0 Å². The highest BCUT2D eigenvalue weighted by molar-refractivity contribution is 5.80. The minimum atomic E-state index is 0.139. The summed E-state index contributed by atoms with van der Waals surface area (Å²) in [5, 5.41) is 16.0. The van der Waals surface area contributed by atoms with Crippen LogP contribution in [0.4, 0.5) is 0 Å². The van der Waals surface area contributed by atoms with E-state index < -0.39 is 0 Å². The molecule has 62 valence electrons. The topological polar surface area (TPSA) is 58.1 Å². The number of fused-ring (bicyclic) bond motifs is 1. The van der Waals surface area contributed by atoms with Crippen molar-refractivity contribution < 1.29 is 10.1 Å². The normalized spacial score (nSPS) is 10.8. The zero-order valence-electron chi connectivity index (χ0n) is 6.32. The van der Waals surface area contributed by atoms with Gasteiger partial charge in [0.25, 0.3) is 0 Å². The van der Waals surface area contributed by atoms with Gasteiger partial charge in [-0.25, -0.2) is 4.89 Å². The number of nitrogens with zero attached hydrogens (tertiary/aromatic N) is 1. The van der Waals surface area contributed by atoms with Crippen LogP contribution in [-0.4, -0.2) is 15.5 Å². The van der Waals surface area contributed by atoms with E-state index in [1.165, 1.54) is 0 Å².